The summed E-state index contributed by atoms with van der Waals surface area (Å²) in [7, 11) is 0. The van der Waals surface area contributed by atoms with Crippen LogP contribution in [0.1, 0.15) is 67.2 Å². The van der Waals surface area contributed by atoms with Crippen molar-refractivity contribution in [2.45, 2.75) is 58.1 Å². The lowest BCUT2D eigenvalue weighted by molar-refractivity contribution is -0.136. The van der Waals surface area contributed by atoms with Gasteiger partial charge in [-0.2, -0.15) is 0 Å². The maximum atomic E-state index is 13.1. The maximum Gasteiger partial charge on any atom is 0.410 e. The summed E-state index contributed by atoms with van der Waals surface area (Å²) in [4.78, 5) is 69.8. The fourth-order valence-electron chi connectivity index (χ4n) is 6.82. The fourth-order valence-corrected chi connectivity index (χ4v) is 6.82. The zero-order chi connectivity index (χ0) is 28.4. The van der Waals surface area contributed by atoms with Gasteiger partial charge < -0.3 is 19.4 Å². The Hall–Kier alpha value is -3.47. The van der Waals surface area contributed by atoms with Crippen molar-refractivity contribution in [3.63, 3.8) is 0 Å². The molecule has 5 heterocycles. The molecule has 11 nitrogen and oxygen atoms in total. The van der Waals surface area contributed by atoms with E-state index in [2.05, 4.69) is 15.1 Å². The van der Waals surface area contributed by atoms with Gasteiger partial charge >= 0.3 is 6.09 Å². The van der Waals surface area contributed by atoms with Gasteiger partial charge in [0.25, 0.3) is 11.8 Å². The number of rotatable bonds is 4. The molecular weight excluding hydrogens is 514 g/mol. The van der Waals surface area contributed by atoms with Gasteiger partial charge in [-0.3, -0.25) is 29.4 Å². The van der Waals surface area contributed by atoms with Gasteiger partial charge in [-0.25, -0.2) is 4.79 Å². The Kier molecular flexibility index (Phi) is 6.40. The minimum Gasteiger partial charge on any atom is -0.444 e. The number of nitrogens with one attached hydrogen (secondary N) is 1. The highest BCUT2D eigenvalue weighted by Crippen LogP contribution is 2.43. The SMILES string of the molecule is CC(C)(C)OC(=O)N1CCC(CN2CC3(C2)CN(c2ccc4c(c2)C(=O)N(C2CCC(=O)NC2=O)C4=O)C3)CC1. The Morgan fingerprint density at radius 2 is 1.65 bits per heavy atom. The second-order valence-electron chi connectivity index (χ2n) is 13.1. The average molecular weight is 552 g/mol. The summed E-state index contributed by atoms with van der Waals surface area (Å²) in [6.45, 7) is 12.1. The average Bonchev–Trinajstić information content (AvgIpc) is 3.08. The highest BCUT2D eigenvalue weighted by Gasteiger charge is 2.52. The van der Waals surface area contributed by atoms with Crippen LogP contribution in [0.4, 0.5) is 10.5 Å². The van der Waals surface area contributed by atoms with E-state index in [0.29, 0.717) is 17.0 Å². The van der Waals surface area contributed by atoms with E-state index in [1.54, 1.807) is 12.1 Å². The number of anilines is 1. The first-order valence-corrected chi connectivity index (χ1v) is 14.2. The van der Waals surface area contributed by atoms with Crippen LogP contribution in [0.2, 0.25) is 0 Å². The van der Waals surface area contributed by atoms with Crippen molar-refractivity contribution in [3.05, 3.63) is 29.3 Å². The van der Waals surface area contributed by atoms with E-state index in [-0.39, 0.29) is 30.3 Å². The van der Waals surface area contributed by atoms with Crippen molar-refractivity contribution in [1.29, 1.82) is 0 Å². The number of nitrogens with zero attached hydrogens (tertiary/aromatic N) is 4. The van der Waals surface area contributed by atoms with Crippen LogP contribution in [-0.2, 0) is 14.3 Å². The molecule has 5 aliphatic rings. The third kappa shape index (κ3) is 4.84. The van der Waals surface area contributed by atoms with Gasteiger partial charge in [-0.15, -0.1) is 0 Å². The first kappa shape index (κ1) is 26.7. The molecule has 1 aromatic rings. The molecule has 1 spiro atoms. The number of amides is 5. The smallest absolute Gasteiger partial charge is 0.410 e. The predicted molar refractivity (Wildman–Crippen MR) is 145 cm³/mol. The van der Waals surface area contributed by atoms with Crippen LogP contribution in [0.5, 0.6) is 0 Å². The molecule has 11 heteroatoms. The summed E-state index contributed by atoms with van der Waals surface area (Å²) in [5, 5.41) is 2.23. The van der Waals surface area contributed by atoms with Crippen LogP contribution in [0.25, 0.3) is 0 Å². The minimum atomic E-state index is -0.952. The lowest BCUT2D eigenvalue weighted by Gasteiger charge is -2.61. The van der Waals surface area contributed by atoms with E-state index in [1.165, 1.54) is 0 Å². The van der Waals surface area contributed by atoms with Gasteiger partial charge in [-0.05, 0) is 64.2 Å². The Balaban J connectivity index is 0.986. The van der Waals surface area contributed by atoms with Crippen LogP contribution < -0.4 is 10.2 Å². The molecule has 1 aromatic carbocycles. The van der Waals surface area contributed by atoms with Crippen LogP contribution in [0.15, 0.2) is 18.2 Å². The number of benzene rings is 1. The Morgan fingerprint density at radius 3 is 2.30 bits per heavy atom. The second kappa shape index (κ2) is 9.57. The topological polar surface area (TPSA) is 120 Å². The number of hydrogen-bond acceptors (Lipinski definition) is 8. The number of hydrogen-bond donors (Lipinski definition) is 1. The van der Waals surface area contributed by atoms with Gasteiger partial charge in [0, 0.05) is 63.3 Å². The molecule has 5 amide bonds. The molecule has 40 heavy (non-hydrogen) atoms. The Bertz CT molecular complexity index is 1270. The number of imide groups is 2. The normalized spacial score (nSPS) is 25.1. The molecule has 1 unspecified atom stereocenters. The number of carbonyl (C=O) groups is 5. The summed E-state index contributed by atoms with van der Waals surface area (Å²) < 4.78 is 5.51. The van der Waals surface area contributed by atoms with Crippen LogP contribution in [0.3, 0.4) is 0 Å². The van der Waals surface area contributed by atoms with Crippen LogP contribution >= 0.6 is 0 Å². The van der Waals surface area contributed by atoms with Gasteiger partial charge in [-0.1, -0.05) is 0 Å². The monoisotopic (exact) mass is 551 g/mol. The molecule has 1 N–H and O–H groups in total. The van der Waals surface area contributed by atoms with Crippen molar-refractivity contribution in [2.75, 3.05) is 50.7 Å². The van der Waals surface area contributed by atoms with E-state index < -0.39 is 29.4 Å². The van der Waals surface area contributed by atoms with E-state index in [0.717, 1.165) is 69.2 Å². The molecule has 0 saturated carbocycles. The number of likely N-dealkylation sites (tertiary alicyclic amines) is 2. The zero-order valence-electron chi connectivity index (χ0n) is 23.4. The van der Waals surface area contributed by atoms with E-state index >= 15 is 0 Å². The minimum absolute atomic E-state index is 0.104. The van der Waals surface area contributed by atoms with Crippen molar-refractivity contribution < 1.29 is 28.7 Å². The first-order chi connectivity index (χ1) is 18.9. The summed E-state index contributed by atoms with van der Waals surface area (Å²) in [6, 6.07) is 4.37. The third-order valence-corrected chi connectivity index (χ3v) is 8.74. The second-order valence-corrected chi connectivity index (χ2v) is 13.1. The van der Waals surface area contributed by atoms with Crippen molar-refractivity contribution in [2.24, 2.45) is 11.3 Å². The molecule has 0 aromatic heterocycles. The van der Waals surface area contributed by atoms with Gasteiger partial charge in [0.1, 0.15) is 11.6 Å². The lowest BCUT2D eigenvalue weighted by atomic mass is 9.72. The van der Waals surface area contributed by atoms with E-state index in [9.17, 15) is 24.0 Å². The Morgan fingerprint density at radius 1 is 0.975 bits per heavy atom. The standard InChI is InChI=1S/C29H37N5O6/c1-28(2,3)40-27(39)32-10-8-18(9-11-32)13-31-14-29(15-31)16-33(17-29)19-4-5-20-21(12-19)26(38)34(25(20)37)22-6-7-23(35)30-24(22)36/h4-5,12,18,22H,6-11,13-17H2,1-3H3,(H,30,35,36). The van der Waals surface area contributed by atoms with Crippen molar-refractivity contribution in [1.82, 2.24) is 20.0 Å². The Labute approximate surface area is 233 Å². The van der Waals surface area contributed by atoms with Gasteiger partial charge in [0.05, 0.1) is 11.1 Å². The molecule has 0 aliphatic carbocycles. The summed E-state index contributed by atoms with van der Waals surface area (Å²) in [6.07, 6.45) is 2.02. The molecule has 214 valence electrons. The maximum absolute atomic E-state index is 13.1. The number of fused-ring (bicyclic) bond motifs is 1. The quantitative estimate of drug-likeness (QED) is 0.564. The molecule has 0 radical (unpaired) electrons. The first-order valence-electron chi connectivity index (χ1n) is 14.2. The van der Waals surface area contributed by atoms with Gasteiger partial charge in [0.2, 0.25) is 11.8 Å². The van der Waals surface area contributed by atoms with Gasteiger partial charge in [0.15, 0.2) is 0 Å². The predicted octanol–water partition coefficient (Wildman–Crippen LogP) is 1.86. The molecule has 5 aliphatic heterocycles. The number of piperidine rings is 2. The highest BCUT2D eigenvalue weighted by molar-refractivity contribution is 6.23. The van der Waals surface area contributed by atoms with Crippen molar-refractivity contribution >= 4 is 35.4 Å². The largest absolute Gasteiger partial charge is 0.444 e. The molecule has 4 fully saturated rings. The van der Waals surface area contributed by atoms with Crippen molar-refractivity contribution in [3.8, 4) is 0 Å². The summed E-state index contributed by atoms with van der Waals surface area (Å²) >= 11 is 0. The molecular formula is C29H37N5O6. The number of carbonyl (C=O) groups excluding carboxylic acids is 5. The van der Waals surface area contributed by atoms with Crippen LogP contribution in [-0.4, -0.2) is 102 Å². The van der Waals surface area contributed by atoms with E-state index in [1.807, 2.05) is 31.7 Å². The van der Waals surface area contributed by atoms with Crippen LogP contribution in [0, 0.1) is 11.3 Å². The molecule has 6 rings (SSSR count). The summed E-state index contributed by atoms with van der Waals surface area (Å²) in [5.41, 5.74) is 1.32. The molecule has 1 atom stereocenters. The summed E-state index contributed by atoms with van der Waals surface area (Å²) in [5.74, 6) is -1.35. The molecule has 0 bridgehead atoms. The fraction of sp³-hybridized carbons (Fsp3) is 0.621. The highest BCUT2D eigenvalue weighted by atomic mass is 16.6. The zero-order valence-corrected chi connectivity index (χ0v) is 23.4. The number of ether oxygens (including phenoxy) is 1. The molecule has 4 saturated heterocycles. The lowest BCUT2D eigenvalue weighted by Crippen LogP contribution is -2.72. The third-order valence-electron chi connectivity index (χ3n) is 8.74. The van der Waals surface area contributed by atoms with E-state index in [4.69, 9.17) is 4.74 Å².